The Morgan fingerprint density at radius 2 is 2.25 bits per heavy atom. The normalized spacial score (nSPS) is 12.6. The molecule has 0 spiro atoms. The second kappa shape index (κ2) is 7.43. The van der Waals surface area contributed by atoms with Crippen LogP contribution >= 0.6 is 11.8 Å². The van der Waals surface area contributed by atoms with E-state index in [0.29, 0.717) is 12.5 Å². The summed E-state index contributed by atoms with van der Waals surface area (Å²) in [4.78, 5) is 11.0. The molecule has 1 unspecified atom stereocenters. The molecule has 0 saturated heterocycles. The molecule has 0 fully saturated rings. The lowest BCUT2D eigenvalue weighted by molar-refractivity contribution is -0.120. The highest BCUT2D eigenvalue weighted by molar-refractivity contribution is 7.98. The zero-order valence-corrected chi connectivity index (χ0v) is 8.83. The predicted molar refractivity (Wildman–Crippen MR) is 54.5 cm³/mol. The third-order valence-electron chi connectivity index (χ3n) is 1.44. The van der Waals surface area contributed by atoms with Gasteiger partial charge in [-0.3, -0.25) is 4.79 Å². The van der Waals surface area contributed by atoms with E-state index in [0.717, 1.165) is 12.3 Å². The van der Waals surface area contributed by atoms with Crippen molar-refractivity contribution < 1.29 is 4.79 Å². The van der Waals surface area contributed by atoms with Crippen molar-refractivity contribution in [2.45, 2.75) is 6.92 Å². The van der Waals surface area contributed by atoms with E-state index in [2.05, 4.69) is 23.8 Å². The second-order valence-corrected chi connectivity index (χ2v) is 3.81. The maximum absolute atomic E-state index is 11.0. The average molecular weight is 190 g/mol. The number of thioether (sulfide) groups is 1. The minimum atomic E-state index is 0.0745. The van der Waals surface area contributed by atoms with Gasteiger partial charge < -0.3 is 10.6 Å². The monoisotopic (exact) mass is 190 g/mol. The fourth-order valence-corrected chi connectivity index (χ4v) is 1.54. The minimum Gasteiger partial charge on any atom is -0.355 e. The lowest BCUT2D eigenvalue weighted by atomic mass is 10.2. The Labute approximate surface area is 78.7 Å². The lowest BCUT2D eigenvalue weighted by Crippen LogP contribution is -2.35. The SMILES string of the molecule is CNCC(=O)NCC(C)CSC. The summed E-state index contributed by atoms with van der Waals surface area (Å²) in [5.74, 6) is 1.73. The molecular weight excluding hydrogens is 172 g/mol. The maximum Gasteiger partial charge on any atom is 0.233 e. The Hall–Kier alpha value is -0.220. The molecule has 0 heterocycles. The molecule has 0 radical (unpaired) electrons. The van der Waals surface area contributed by atoms with Crippen molar-refractivity contribution in [1.82, 2.24) is 10.6 Å². The van der Waals surface area contributed by atoms with E-state index in [1.54, 1.807) is 7.05 Å². The van der Waals surface area contributed by atoms with Crippen LogP contribution in [0.5, 0.6) is 0 Å². The van der Waals surface area contributed by atoms with Crippen LogP contribution in [0.25, 0.3) is 0 Å². The molecule has 2 N–H and O–H groups in total. The summed E-state index contributed by atoms with van der Waals surface area (Å²) in [7, 11) is 1.77. The van der Waals surface area contributed by atoms with E-state index in [9.17, 15) is 4.79 Å². The molecular formula is C8H18N2OS. The Bertz CT molecular complexity index is 130. The van der Waals surface area contributed by atoms with Crippen molar-refractivity contribution in [2.75, 3.05) is 32.1 Å². The van der Waals surface area contributed by atoms with E-state index in [-0.39, 0.29) is 5.91 Å². The van der Waals surface area contributed by atoms with Gasteiger partial charge in [0.1, 0.15) is 0 Å². The van der Waals surface area contributed by atoms with Crippen LogP contribution in [0.3, 0.4) is 0 Å². The van der Waals surface area contributed by atoms with Crippen LogP contribution in [-0.4, -0.2) is 38.1 Å². The number of likely N-dealkylation sites (N-methyl/N-ethyl adjacent to an activating group) is 1. The average Bonchev–Trinajstić information content (AvgIpc) is 2.02. The molecule has 12 heavy (non-hydrogen) atoms. The zero-order valence-electron chi connectivity index (χ0n) is 8.02. The van der Waals surface area contributed by atoms with Gasteiger partial charge in [-0.1, -0.05) is 6.92 Å². The Kier molecular flexibility index (Phi) is 7.29. The third-order valence-corrected chi connectivity index (χ3v) is 2.34. The highest BCUT2D eigenvalue weighted by Gasteiger charge is 2.03. The zero-order chi connectivity index (χ0) is 9.40. The predicted octanol–water partition coefficient (Wildman–Crippen LogP) is 0.321. The minimum absolute atomic E-state index is 0.0745. The molecule has 72 valence electrons. The summed E-state index contributed by atoms with van der Waals surface area (Å²) >= 11 is 1.81. The first kappa shape index (κ1) is 11.8. The summed E-state index contributed by atoms with van der Waals surface area (Å²) < 4.78 is 0. The highest BCUT2D eigenvalue weighted by Crippen LogP contribution is 2.01. The first-order chi connectivity index (χ1) is 5.70. The smallest absolute Gasteiger partial charge is 0.233 e. The van der Waals surface area contributed by atoms with Crippen LogP contribution in [0, 0.1) is 5.92 Å². The van der Waals surface area contributed by atoms with E-state index in [1.165, 1.54) is 0 Å². The van der Waals surface area contributed by atoms with Crippen molar-refractivity contribution in [3.63, 3.8) is 0 Å². The molecule has 0 rings (SSSR count). The standard InChI is InChI=1S/C8H18N2OS/c1-7(6-12-3)4-10-8(11)5-9-2/h7,9H,4-6H2,1-3H3,(H,10,11). The van der Waals surface area contributed by atoms with E-state index in [4.69, 9.17) is 0 Å². The van der Waals surface area contributed by atoms with Crippen molar-refractivity contribution in [3.05, 3.63) is 0 Å². The lowest BCUT2D eigenvalue weighted by Gasteiger charge is -2.10. The van der Waals surface area contributed by atoms with Crippen molar-refractivity contribution in [3.8, 4) is 0 Å². The fraction of sp³-hybridized carbons (Fsp3) is 0.875. The number of carbonyl (C=O) groups excluding carboxylic acids is 1. The fourth-order valence-electron chi connectivity index (χ4n) is 0.855. The first-order valence-corrected chi connectivity index (χ1v) is 5.50. The maximum atomic E-state index is 11.0. The van der Waals surface area contributed by atoms with Gasteiger partial charge in [-0.15, -0.1) is 0 Å². The van der Waals surface area contributed by atoms with Crippen molar-refractivity contribution in [2.24, 2.45) is 5.92 Å². The molecule has 0 aliphatic heterocycles. The molecule has 3 nitrogen and oxygen atoms in total. The number of hydrogen-bond acceptors (Lipinski definition) is 3. The summed E-state index contributed by atoms with van der Waals surface area (Å²) in [5.41, 5.74) is 0. The van der Waals surface area contributed by atoms with Gasteiger partial charge in [0.25, 0.3) is 0 Å². The summed E-state index contributed by atoms with van der Waals surface area (Å²) in [5, 5.41) is 5.66. The molecule has 0 saturated carbocycles. The van der Waals surface area contributed by atoms with Gasteiger partial charge in [0.15, 0.2) is 0 Å². The molecule has 4 heteroatoms. The van der Waals surface area contributed by atoms with Crippen molar-refractivity contribution >= 4 is 17.7 Å². The molecule has 0 bridgehead atoms. The van der Waals surface area contributed by atoms with Crippen LogP contribution in [0.4, 0.5) is 0 Å². The molecule has 0 aliphatic carbocycles. The van der Waals surface area contributed by atoms with Crippen LogP contribution in [0.2, 0.25) is 0 Å². The highest BCUT2D eigenvalue weighted by atomic mass is 32.2. The summed E-state index contributed by atoms with van der Waals surface area (Å²) in [6.07, 6.45) is 2.08. The number of hydrogen-bond donors (Lipinski definition) is 2. The van der Waals surface area contributed by atoms with Crippen LogP contribution in [0.1, 0.15) is 6.92 Å². The third kappa shape index (κ3) is 6.49. The van der Waals surface area contributed by atoms with E-state index < -0.39 is 0 Å². The molecule has 1 amide bonds. The second-order valence-electron chi connectivity index (χ2n) is 2.89. The van der Waals surface area contributed by atoms with E-state index in [1.807, 2.05) is 11.8 Å². The Morgan fingerprint density at radius 3 is 2.75 bits per heavy atom. The number of amides is 1. The van der Waals surface area contributed by atoms with Gasteiger partial charge in [0.05, 0.1) is 6.54 Å². The Morgan fingerprint density at radius 1 is 1.58 bits per heavy atom. The van der Waals surface area contributed by atoms with E-state index >= 15 is 0 Å². The number of nitrogens with one attached hydrogen (secondary N) is 2. The molecule has 0 aromatic rings. The molecule has 1 atom stereocenters. The van der Waals surface area contributed by atoms with Gasteiger partial charge >= 0.3 is 0 Å². The largest absolute Gasteiger partial charge is 0.355 e. The molecule has 0 aliphatic rings. The van der Waals surface area contributed by atoms with Gasteiger partial charge in [-0.05, 0) is 25.0 Å². The summed E-state index contributed by atoms with van der Waals surface area (Å²) in [6, 6.07) is 0. The molecule has 0 aromatic carbocycles. The quantitative estimate of drug-likeness (QED) is 0.634. The number of carbonyl (C=O) groups is 1. The van der Waals surface area contributed by atoms with Crippen LogP contribution in [0.15, 0.2) is 0 Å². The van der Waals surface area contributed by atoms with Gasteiger partial charge in [-0.25, -0.2) is 0 Å². The first-order valence-electron chi connectivity index (χ1n) is 4.11. The van der Waals surface area contributed by atoms with Crippen LogP contribution in [-0.2, 0) is 4.79 Å². The van der Waals surface area contributed by atoms with Crippen molar-refractivity contribution in [1.29, 1.82) is 0 Å². The number of rotatable bonds is 6. The molecule has 0 aromatic heterocycles. The topological polar surface area (TPSA) is 41.1 Å². The van der Waals surface area contributed by atoms with Crippen LogP contribution < -0.4 is 10.6 Å². The Balaban J connectivity index is 3.33. The van der Waals surface area contributed by atoms with Gasteiger partial charge in [-0.2, -0.15) is 11.8 Å². The summed E-state index contributed by atoms with van der Waals surface area (Å²) in [6.45, 7) is 3.32. The van der Waals surface area contributed by atoms with Gasteiger partial charge in [0.2, 0.25) is 5.91 Å². The van der Waals surface area contributed by atoms with Gasteiger partial charge in [0, 0.05) is 6.54 Å².